The van der Waals surface area contributed by atoms with Crippen LogP contribution in [-0.4, -0.2) is 21.0 Å². The van der Waals surface area contributed by atoms with Crippen LogP contribution in [0.4, 0.5) is 5.69 Å². The van der Waals surface area contributed by atoms with Crippen molar-refractivity contribution in [1.82, 2.24) is 9.97 Å². The third-order valence-corrected chi connectivity index (χ3v) is 2.95. The van der Waals surface area contributed by atoms with Gasteiger partial charge in [-0.1, -0.05) is 0 Å². The smallest absolute Gasteiger partial charge is 0.354 e. The number of rotatable bonds is 4. The summed E-state index contributed by atoms with van der Waals surface area (Å²) in [6, 6.07) is 3.16. The van der Waals surface area contributed by atoms with Gasteiger partial charge in [-0.15, -0.1) is 11.3 Å². The van der Waals surface area contributed by atoms with E-state index in [2.05, 4.69) is 15.3 Å². The summed E-state index contributed by atoms with van der Waals surface area (Å²) in [4.78, 5) is 18.7. The van der Waals surface area contributed by atoms with Crippen LogP contribution in [-0.2, 0) is 6.54 Å². The van der Waals surface area contributed by atoms with Crippen molar-refractivity contribution in [1.29, 1.82) is 0 Å². The molecule has 2 rings (SSSR count). The summed E-state index contributed by atoms with van der Waals surface area (Å²) in [5.41, 5.74) is 1.79. The quantitative estimate of drug-likeness (QED) is 0.868. The van der Waals surface area contributed by atoms with E-state index in [-0.39, 0.29) is 5.69 Å². The van der Waals surface area contributed by atoms with Crippen LogP contribution in [0, 0.1) is 6.92 Å². The molecule has 0 amide bonds. The van der Waals surface area contributed by atoms with E-state index in [0.29, 0.717) is 6.54 Å². The largest absolute Gasteiger partial charge is 0.477 e. The Labute approximate surface area is 102 Å². The molecule has 0 aromatic carbocycles. The highest BCUT2D eigenvalue weighted by atomic mass is 32.1. The van der Waals surface area contributed by atoms with E-state index in [1.807, 2.05) is 12.3 Å². The van der Waals surface area contributed by atoms with Gasteiger partial charge in [-0.2, -0.15) is 0 Å². The zero-order chi connectivity index (χ0) is 12.3. The van der Waals surface area contributed by atoms with Crippen LogP contribution >= 0.6 is 11.3 Å². The summed E-state index contributed by atoms with van der Waals surface area (Å²) in [6.45, 7) is 2.57. The lowest BCUT2D eigenvalue weighted by molar-refractivity contribution is 0.0690. The van der Waals surface area contributed by atoms with E-state index in [9.17, 15) is 4.79 Å². The van der Waals surface area contributed by atoms with E-state index in [0.717, 1.165) is 16.4 Å². The van der Waals surface area contributed by atoms with Crippen molar-refractivity contribution in [2.24, 2.45) is 0 Å². The molecule has 2 heterocycles. The molecule has 0 aliphatic rings. The molecule has 2 N–H and O–H groups in total. The van der Waals surface area contributed by atoms with Crippen LogP contribution in [0.15, 0.2) is 23.7 Å². The summed E-state index contributed by atoms with van der Waals surface area (Å²) in [7, 11) is 0. The molecule has 6 heteroatoms. The van der Waals surface area contributed by atoms with E-state index in [4.69, 9.17) is 5.11 Å². The number of carboxylic acids is 1. The molecule has 0 spiro atoms. The third kappa shape index (κ3) is 3.01. The summed E-state index contributed by atoms with van der Waals surface area (Å²) in [5, 5.41) is 14.8. The molecule has 0 saturated heterocycles. The van der Waals surface area contributed by atoms with E-state index in [1.54, 1.807) is 17.4 Å². The van der Waals surface area contributed by atoms with Crippen molar-refractivity contribution >= 4 is 23.0 Å². The van der Waals surface area contributed by atoms with Gasteiger partial charge in [0, 0.05) is 5.38 Å². The fourth-order valence-electron chi connectivity index (χ4n) is 1.31. The predicted molar refractivity (Wildman–Crippen MR) is 65.4 cm³/mol. The molecule has 0 unspecified atom stereocenters. The molecule has 0 atom stereocenters. The van der Waals surface area contributed by atoms with Gasteiger partial charge in [-0.05, 0) is 19.1 Å². The van der Waals surface area contributed by atoms with Crippen molar-refractivity contribution in [3.8, 4) is 0 Å². The maximum absolute atomic E-state index is 10.6. The number of pyridine rings is 1. The number of anilines is 1. The molecule has 17 heavy (non-hydrogen) atoms. The predicted octanol–water partition coefficient (Wildman–Crippen LogP) is 2.16. The number of thiazole rings is 1. The van der Waals surface area contributed by atoms with Gasteiger partial charge in [0.2, 0.25) is 0 Å². The second-order valence-electron chi connectivity index (χ2n) is 3.45. The number of carbonyl (C=O) groups is 1. The Morgan fingerprint density at radius 1 is 1.53 bits per heavy atom. The van der Waals surface area contributed by atoms with E-state index in [1.165, 1.54) is 12.3 Å². The monoisotopic (exact) mass is 249 g/mol. The molecule has 0 fully saturated rings. The van der Waals surface area contributed by atoms with Crippen LogP contribution in [0.2, 0.25) is 0 Å². The highest BCUT2D eigenvalue weighted by molar-refractivity contribution is 7.09. The minimum atomic E-state index is -1.02. The number of aryl methyl sites for hydroxylation is 1. The highest BCUT2D eigenvalue weighted by Crippen LogP contribution is 2.11. The summed E-state index contributed by atoms with van der Waals surface area (Å²) in [5.74, 6) is -1.02. The van der Waals surface area contributed by atoms with Crippen molar-refractivity contribution in [3.05, 3.63) is 40.1 Å². The summed E-state index contributed by atoms with van der Waals surface area (Å²) >= 11 is 1.60. The van der Waals surface area contributed by atoms with Gasteiger partial charge >= 0.3 is 5.97 Å². The minimum Gasteiger partial charge on any atom is -0.477 e. The lowest BCUT2D eigenvalue weighted by Crippen LogP contribution is -2.03. The Hall–Kier alpha value is -1.95. The average Bonchev–Trinajstić information content (AvgIpc) is 2.73. The second-order valence-corrected chi connectivity index (χ2v) is 4.51. The zero-order valence-corrected chi connectivity index (χ0v) is 9.99. The number of carboxylic acid groups (broad SMARTS) is 1. The molecule has 2 aromatic heterocycles. The Bertz CT molecular complexity index is 522. The molecule has 88 valence electrons. The molecule has 0 radical (unpaired) electrons. The Morgan fingerprint density at radius 2 is 2.35 bits per heavy atom. The highest BCUT2D eigenvalue weighted by Gasteiger charge is 2.03. The number of aromatic nitrogens is 2. The van der Waals surface area contributed by atoms with Crippen LogP contribution in [0.1, 0.15) is 21.2 Å². The first-order chi connectivity index (χ1) is 8.15. The normalized spacial score (nSPS) is 10.2. The van der Waals surface area contributed by atoms with Crippen molar-refractivity contribution in [3.63, 3.8) is 0 Å². The molecule has 0 aliphatic heterocycles. The zero-order valence-electron chi connectivity index (χ0n) is 9.17. The van der Waals surface area contributed by atoms with Gasteiger partial charge in [0.05, 0.1) is 29.1 Å². The van der Waals surface area contributed by atoms with Gasteiger partial charge in [-0.25, -0.2) is 14.8 Å². The molecular formula is C11H11N3O2S. The number of nitrogens with one attached hydrogen (secondary N) is 1. The number of aromatic carboxylic acids is 1. The fourth-order valence-corrected chi connectivity index (χ4v) is 1.92. The van der Waals surface area contributed by atoms with Crippen LogP contribution in [0.5, 0.6) is 0 Å². The van der Waals surface area contributed by atoms with Crippen LogP contribution in [0.25, 0.3) is 0 Å². The van der Waals surface area contributed by atoms with Gasteiger partial charge in [0.25, 0.3) is 0 Å². The molecule has 0 bridgehead atoms. The van der Waals surface area contributed by atoms with Crippen molar-refractivity contribution in [2.45, 2.75) is 13.5 Å². The van der Waals surface area contributed by atoms with Gasteiger partial charge < -0.3 is 10.4 Å². The van der Waals surface area contributed by atoms with Crippen molar-refractivity contribution in [2.75, 3.05) is 5.32 Å². The first-order valence-electron chi connectivity index (χ1n) is 4.99. The SMILES string of the molecule is Cc1nc(CNc2ccc(C(=O)O)nc2)cs1. The van der Waals surface area contributed by atoms with Crippen LogP contribution in [0.3, 0.4) is 0 Å². The molecular weight excluding hydrogens is 238 g/mol. The maximum Gasteiger partial charge on any atom is 0.354 e. The first-order valence-corrected chi connectivity index (χ1v) is 5.87. The van der Waals surface area contributed by atoms with Crippen molar-refractivity contribution < 1.29 is 9.90 Å². The van der Waals surface area contributed by atoms with Gasteiger partial charge in [-0.3, -0.25) is 0 Å². The first kappa shape index (κ1) is 11.5. The average molecular weight is 249 g/mol. The van der Waals surface area contributed by atoms with Crippen LogP contribution < -0.4 is 5.32 Å². The topological polar surface area (TPSA) is 75.1 Å². The lowest BCUT2D eigenvalue weighted by Gasteiger charge is -2.03. The minimum absolute atomic E-state index is 0.0417. The molecule has 5 nitrogen and oxygen atoms in total. The second kappa shape index (κ2) is 4.92. The Morgan fingerprint density at radius 3 is 2.88 bits per heavy atom. The molecule has 0 aliphatic carbocycles. The van der Waals surface area contributed by atoms with E-state index >= 15 is 0 Å². The number of nitrogens with zero attached hydrogens (tertiary/aromatic N) is 2. The maximum atomic E-state index is 10.6. The third-order valence-electron chi connectivity index (χ3n) is 2.12. The van der Waals surface area contributed by atoms with Gasteiger partial charge in [0.15, 0.2) is 0 Å². The van der Waals surface area contributed by atoms with E-state index < -0.39 is 5.97 Å². The molecule has 0 saturated carbocycles. The standard InChI is InChI=1S/C11H11N3O2S/c1-7-14-9(6-17-7)5-12-8-2-3-10(11(15)16)13-4-8/h2-4,6,12H,5H2,1H3,(H,15,16). The number of hydrogen-bond donors (Lipinski definition) is 2. The lowest BCUT2D eigenvalue weighted by atomic mass is 10.3. The fraction of sp³-hybridized carbons (Fsp3) is 0.182. The summed E-state index contributed by atoms with van der Waals surface area (Å²) in [6.07, 6.45) is 1.50. The Kier molecular flexibility index (Phi) is 3.34. The van der Waals surface area contributed by atoms with Gasteiger partial charge in [0.1, 0.15) is 5.69 Å². The Balaban J connectivity index is 1.97. The molecule has 2 aromatic rings. The number of hydrogen-bond acceptors (Lipinski definition) is 5. The summed E-state index contributed by atoms with van der Waals surface area (Å²) < 4.78 is 0.